The molecule has 0 bridgehead atoms. The molecule has 0 unspecified atom stereocenters. The summed E-state index contributed by atoms with van der Waals surface area (Å²) in [6.45, 7) is 4.18. The van der Waals surface area contributed by atoms with Gasteiger partial charge in [0.15, 0.2) is 15.5 Å². The van der Waals surface area contributed by atoms with Gasteiger partial charge in [0.2, 0.25) is 5.95 Å². The van der Waals surface area contributed by atoms with Gasteiger partial charge in [0.05, 0.1) is 22.9 Å². The average molecular weight is 422 g/mol. The number of rotatable bonds is 2. The summed E-state index contributed by atoms with van der Waals surface area (Å²) in [7, 11) is -3.05. The van der Waals surface area contributed by atoms with E-state index in [1.165, 1.54) is 6.07 Å². The van der Waals surface area contributed by atoms with Crippen LogP contribution in [0.1, 0.15) is 11.4 Å². The molecule has 0 atom stereocenters. The highest BCUT2D eigenvalue weighted by Crippen LogP contribution is 2.30. The van der Waals surface area contributed by atoms with Crippen LogP contribution in [0.5, 0.6) is 0 Å². The number of aryl methyl sites for hydroxylation is 2. The van der Waals surface area contributed by atoms with Crippen molar-refractivity contribution in [2.24, 2.45) is 0 Å². The molecule has 1 aliphatic rings. The van der Waals surface area contributed by atoms with Crippen molar-refractivity contribution in [2.75, 3.05) is 29.5 Å². The number of anilines is 1. The first-order valence-corrected chi connectivity index (χ1v) is 10.9. The van der Waals surface area contributed by atoms with Gasteiger partial charge < -0.3 is 4.90 Å². The van der Waals surface area contributed by atoms with Crippen LogP contribution in [0.25, 0.3) is 22.4 Å². The number of hydrogen-bond donors (Lipinski definition) is 0. The number of aromatic nitrogens is 4. The van der Waals surface area contributed by atoms with Crippen molar-refractivity contribution in [3.63, 3.8) is 0 Å². The van der Waals surface area contributed by atoms with Crippen molar-refractivity contribution in [2.45, 2.75) is 13.8 Å². The minimum Gasteiger partial charge on any atom is -0.339 e. The third-order valence-electron chi connectivity index (χ3n) is 4.74. The van der Waals surface area contributed by atoms with Crippen LogP contribution in [0.15, 0.2) is 18.2 Å². The highest BCUT2D eigenvalue weighted by molar-refractivity contribution is 7.91. The van der Waals surface area contributed by atoms with Gasteiger partial charge in [-0.3, -0.25) is 0 Å². The second-order valence-corrected chi connectivity index (χ2v) is 9.44. The molecular formula is C18H17ClFN5O2S. The zero-order chi connectivity index (χ0) is 20.1. The fourth-order valence-corrected chi connectivity index (χ4v) is 4.38. The Kier molecular flexibility index (Phi) is 4.67. The zero-order valence-electron chi connectivity index (χ0n) is 15.3. The van der Waals surface area contributed by atoms with E-state index in [4.69, 9.17) is 11.6 Å². The first-order chi connectivity index (χ1) is 13.2. The van der Waals surface area contributed by atoms with Gasteiger partial charge in [-0.15, -0.1) is 0 Å². The average Bonchev–Trinajstić information content (AvgIpc) is 2.62. The topological polar surface area (TPSA) is 88.9 Å². The Hall–Kier alpha value is -2.39. The number of fused-ring (bicyclic) bond motifs is 1. The van der Waals surface area contributed by atoms with E-state index in [1.54, 1.807) is 17.0 Å². The minimum absolute atomic E-state index is 0.0254. The molecule has 0 saturated carbocycles. The number of benzene rings is 1. The maximum Gasteiger partial charge on any atom is 0.228 e. The molecule has 0 aliphatic carbocycles. The smallest absolute Gasteiger partial charge is 0.228 e. The molecule has 1 fully saturated rings. The van der Waals surface area contributed by atoms with Crippen molar-refractivity contribution in [3.05, 3.63) is 40.4 Å². The SMILES string of the molecule is Cc1nc2nc(N3CCS(=O)(=O)CC3)nc(-c3ccc(Cl)cc3F)c2nc1C. The Balaban J connectivity index is 1.92. The van der Waals surface area contributed by atoms with Crippen molar-refractivity contribution >= 4 is 38.6 Å². The van der Waals surface area contributed by atoms with Crippen molar-refractivity contribution in [3.8, 4) is 11.3 Å². The molecule has 2 aromatic heterocycles. The lowest BCUT2D eigenvalue weighted by Crippen LogP contribution is -2.41. The molecule has 10 heteroatoms. The van der Waals surface area contributed by atoms with E-state index in [0.29, 0.717) is 34.2 Å². The van der Waals surface area contributed by atoms with Crippen LogP contribution in [0.3, 0.4) is 0 Å². The lowest BCUT2D eigenvalue weighted by Gasteiger charge is -2.27. The van der Waals surface area contributed by atoms with Crippen LogP contribution in [-0.4, -0.2) is 52.9 Å². The molecule has 0 spiro atoms. The number of sulfone groups is 1. The predicted octanol–water partition coefficient (Wildman–Crippen LogP) is 2.73. The molecule has 7 nitrogen and oxygen atoms in total. The second-order valence-electron chi connectivity index (χ2n) is 6.70. The summed E-state index contributed by atoms with van der Waals surface area (Å²) in [6, 6.07) is 4.34. The van der Waals surface area contributed by atoms with Gasteiger partial charge in [-0.25, -0.2) is 27.8 Å². The molecule has 0 amide bonds. The van der Waals surface area contributed by atoms with Crippen LogP contribution in [0.4, 0.5) is 10.3 Å². The summed E-state index contributed by atoms with van der Waals surface area (Å²) in [5.74, 6) is -0.168. The molecule has 1 aliphatic heterocycles. The molecule has 3 heterocycles. The molecule has 28 heavy (non-hydrogen) atoms. The molecule has 1 aromatic carbocycles. The lowest BCUT2D eigenvalue weighted by atomic mass is 10.1. The highest BCUT2D eigenvalue weighted by atomic mass is 35.5. The quantitative estimate of drug-likeness (QED) is 0.628. The largest absolute Gasteiger partial charge is 0.339 e. The maximum atomic E-state index is 14.6. The number of halogens is 2. The predicted molar refractivity (Wildman–Crippen MR) is 106 cm³/mol. The Morgan fingerprint density at radius 3 is 2.39 bits per heavy atom. The van der Waals surface area contributed by atoms with Crippen LogP contribution >= 0.6 is 11.6 Å². The minimum atomic E-state index is -3.05. The standard InChI is InChI=1S/C18H17ClFN5O2S/c1-10-11(2)22-17-16(21-10)15(13-4-3-12(19)9-14(13)20)23-18(24-17)25-5-7-28(26,27)8-6-25/h3-4,9H,5-8H2,1-2H3. The summed E-state index contributed by atoms with van der Waals surface area (Å²) in [4.78, 5) is 19.8. The van der Waals surface area contributed by atoms with Crippen molar-refractivity contribution in [1.82, 2.24) is 19.9 Å². The summed E-state index contributed by atoms with van der Waals surface area (Å²) in [5, 5.41) is 0.277. The molecule has 0 radical (unpaired) electrons. The highest BCUT2D eigenvalue weighted by Gasteiger charge is 2.25. The van der Waals surface area contributed by atoms with Crippen LogP contribution in [0.2, 0.25) is 5.02 Å². The monoisotopic (exact) mass is 421 g/mol. The van der Waals surface area contributed by atoms with Crippen molar-refractivity contribution < 1.29 is 12.8 Å². The zero-order valence-corrected chi connectivity index (χ0v) is 16.8. The van der Waals surface area contributed by atoms with Gasteiger partial charge >= 0.3 is 0 Å². The van der Waals surface area contributed by atoms with Gasteiger partial charge in [-0.2, -0.15) is 4.98 Å². The van der Waals surface area contributed by atoms with Gasteiger partial charge in [0, 0.05) is 23.7 Å². The van der Waals surface area contributed by atoms with E-state index in [0.717, 1.165) is 0 Å². The summed E-state index contributed by atoms with van der Waals surface area (Å²) < 4.78 is 38.1. The van der Waals surface area contributed by atoms with Gasteiger partial charge in [-0.1, -0.05) is 11.6 Å². The van der Waals surface area contributed by atoms with Crippen molar-refractivity contribution in [1.29, 1.82) is 0 Å². The van der Waals surface area contributed by atoms with E-state index >= 15 is 0 Å². The fraction of sp³-hybridized carbons (Fsp3) is 0.333. The normalized spacial score (nSPS) is 16.5. The molecule has 0 N–H and O–H groups in total. The Labute approximate surface area is 166 Å². The van der Waals surface area contributed by atoms with E-state index in [9.17, 15) is 12.8 Å². The van der Waals surface area contributed by atoms with Gasteiger partial charge in [0.1, 0.15) is 17.0 Å². The molecule has 146 valence electrons. The lowest BCUT2D eigenvalue weighted by molar-refractivity contribution is 0.585. The second kappa shape index (κ2) is 6.89. The van der Waals surface area contributed by atoms with E-state index in [2.05, 4.69) is 19.9 Å². The first-order valence-electron chi connectivity index (χ1n) is 8.67. The number of nitrogens with zero attached hydrogens (tertiary/aromatic N) is 5. The molecule has 4 rings (SSSR count). The van der Waals surface area contributed by atoms with Crippen LogP contribution in [0, 0.1) is 19.7 Å². The Bertz CT molecular complexity index is 1190. The summed E-state index contributed by atoms with van der Waals surface area (Å²) in [6.07, 6.45) is 0. The molecular weight excluding hydrogens is 405 g/mol. The third kappa shape index (κ3) is 3.51. The van der Waals surface area contributed by atoms with Crippen LogP contribution in [-0.2, 0) is 9.84 Å². The Morgan fingerprint density at radius 1 is 1.04 bits per heavy atom. The summed E-state index contributed by atoms with van der Waals surface area (Å²) >= 11 is 5.88. The number of hydrogen-bond acceptors (Lipinski definition) is 7. The molecule has 1 saturated heterocycles. The van der Waals surface area contributed by atoms with Gasteiger partial charge in [0.25, 0.3) is 0 Å². The maximum absolute atomic E-state index is 14.6. The van der Waals surface area contributed by atoms with Gasteiger partial charge in [-0.05, 0) is 32.0 Å². The first kappa shape index (κ1) is 18.9. The fourth-order valence-electron chi connectivity index (χ4n) is 3.02. The van der Waals surface area contributed by atoms with E-state index in [-0.39, 0.29) is 35.2 Å². The molecule has 3 aromatic rings. The van der Waals surface area contributed by atoms with Crippen LogP contribution < -0.4 is 4.90 Å². The van der Waals surface area contributed by atoms with E-state index in [1.807, 2.05) is 13.8 Å². The third-order valence-corrected chi connectivity index (χ3v) is 6.59. The summed E-state index contributed by atoms with van der Waals surface area (Å²) in [5.41, 5.74) is 2.67. The Morgan fingerprint density at radius 2 is 1.71 bits per heavy atom. The van der Waals surface area contributed by atoms with E-state index < -0.39 is 15.7 Å².